The molecule has 3 aromatic rings. The van der Waals surface area contributed by atoms with Gasteiger partial charge in [0.15, 0.2) is 5.13 Å². The molecule has 32 heavy (non-hydrogen) atoms. The number of hydrogen-bond donors (Lipinski definition) is 1. The van der Waals surface area contributed by atoms with Crippen molar-refractivity contribution in [1.29, 1.82) is 0 Å². The number of non-ortho nitro benzene ring substituents is 1. The molecular formula is C20H12N4O7S. The predicted octanol–water partition coefficient (Wildman–Crippen LogP) is 3.59. The molecule has 160 valence electrons. The first-order valence-electron chi connectivity index (χ1n) is 9.00. The fourth-order valence-corrected chi connectivity index (χ4v) is 4.11. The lowest BCUT2D eigenvalue weighted by molar-refractivity contribution is -0.385. The summed E-state index contributed by atoms with van der Waals surface area (Å²) in [6.45, 7) is 0. The Morgan fingerprint density at radius 1 is 1.03 bits per heavy atom. The zero-order chi connectivity index (χ0) is 23.0. The highest BCUT2D eigenvalue weighted by Gasteiger charge is 2.49. The van der Waals surface area contributed by atoms with Gasteiger partial charge in [-0.2, -0.15) is 0 Å². The minimum Gasteiger partial charge on any atom is -0.507 e. The Morgan fingerprint density at radius 3 is 2.31 bits per heavy atom. The van der Waals surface area contributed by atoms with E-state index in [1.807, 2.05) is 0 Å². The summed E-state index contributed by atoms with van der Waals surface area (Å²) in [6, 6.07) is 8.95. The molecule has 1 unspecified atom stereocenters. The number of carbonyl (C=O) groups is 2. The number of hydrogen-bond acceptors (Lipinski definition) is 9. The highest BCUT2D eigenvalue weighted by atomic mass is 32.1. The number of benzene rings is 2. The highest BCUT2D eigenvalue weighted by Crippen LogP contribution is 2.45. The molecule has 2 heterocycles. The third kappa shape index (κ3) is 3.37. The average molecular weight is 452 g/mol. The molecule has 11 nitrogen and oxygen atoms in total. The number of nitro groups is 2. The number of aromatic nitrogens is 1. The van der Waals surface area contributed by atoms with E-state index in [0.29, 0.717) is 0 Å². The average Bonchev–Trinajstić information content (AvgIpc) is 3.40. The molecule has 0 aliphatic carbocycles. The maximum Gasteiger partial charge on any atom is 0.301 e. The summed E-state index contributed by atoms with van der Waals surface area (Å²) in [7, 11) is 0. The number of aliphatic hydroxyl groups excluding tert-OH is 1. The number of amides is 1. The van der Waals surface area contributed by atoms with Crippen LogP contribution in [0, 0.1) is 20.2 Å². The van der Waals surface area contributed by atoms with E-state index < -0.39 is 33.3 Å². The quantitative estimate of drug-likeness (QED) is 0.202. The number of nitro benzene ring substituents is 2. The second-order valence-electron chi connectivity index (χ2n) is 6.60. The van der Waals surface area contributed by atoms with Gasteiger partial charge in [-0.15, -0.1) is 11.3 Å². The van der Waals surface area contributed by atoms with Gasteiger partial charge in [0.05, 0.1) is 21.0 Å². The van der Waals surface area contributed by atoms with E-state index in [-0.39, 0.29) is 33.2 Å². The van der Waals surface area contributed by atoms with Gasteiger partial charge in [0, 0.05) is 35.3 Å². The van der Waals surface area contributed by atoms with Gasteiger partial charge in [-0.1, -0.05) is 12.1 Å². The minimum atomic E-state index is -1.32. The van der Waals surface area contributed by atoms with Crippen molar-refractivity contribution in [2.75, 3.05) is 4.90 Å². The first-order valence-corrected chi connectivity index (χ1v) is 9.88. The second kappa shape index (κ2) is 8.00. The van der Waals surface area contributed by atoms with Crippen molar-refractivity contribution >= 4 is 45.3 Å². The summed E-state index contributed by atoms with van der Waals surface area (Å²) >= 11 is 1.05. The standard InChI is InChI=1S/C20H12N4O7S/c25-17(11-5-7-12(8-6-11)23(28)29)15-16(13-3-1-2-4-14(13)24(30)31)22(19(27)18(15)26)20-21-9-10-32-20/h1-10,16,25H. The fourth-order valence-electron chi connectivity index (χ4n) is 3.44. The Bertz CT molecular complexity index is 1290. The number of anilines is 1. The van der Waals surface area contributed by atoms with E-state index in [0.717, 1.165) is 28.4 Å². The Labute approximate surface area is 183 Å². The molecule has 1 aromatic heterocycles. The maximum atomic E-state index is 13.0. The minimum absolute atomic E-state index is 0.00959. The van der Waals surface area contributed by atoms with Crippen LogP contribution in [0.3, 0.4) is 0 Å². The fraction of sp³-hybridized carbons (Fsp3) is 0.0500. The van der Waals surface area contributed by atoms with E-state index in [1.54, 1.807) is 5.38 Å². The number of para-hydroxylation sites is 1. The molecule has 1 aliphatic heterocycles. The van der Waals surface area contributed by atoms with Crippen molar-refractivity contribution in [2.45, 2.75) is 6.04 Å². The molecule has 1 saturated heterocycles. The van der Waals surface area contributed by atoms with Gasteiger partial charge in [0.2, 0.25) is 0 Å². The molecular weight excluding hydrogens is 440 g/mol. The summed E-state index contributed by atoms with van der Waals surface area (Å²) in [5.74, 6) is -2.67. The lowest BCUT2D eigenvalue weighted by Gasteiger charge is -2.22. The molecule has 1 amide bonds. The van der Waals surface area contributed by atoms with Crippen molar-refractivity contribution in [3.8, 4) is 0 Å². The van der Waals surface area contributed by atoms with E-state index in [1.165, 1.54) is 42.6 Å². The van der Waals surface area contributed by atoms with Crippen LogP contribution in [0.5, 0.6) is 0 Å². The Balaban J connectivity index is 1.96. The SMILES string of the molecule is O=C1C(=O)N(c2nccs2)C(c2ccccc2[N+](=O)[O-])C1=C(O)c1ccc([N+](=O)[O-])cc1. The lowest BCUT2D eigenvalue weighted by Crippen LogP contribution is -2.29. The maximum absolute atomic E-state index is 13.0. The van der Waals surface area contributed by atoms with Crippen LogP contribution in [-0.2, 0) is 9.59 Å². The van der Waals surface area contributed by atoms with Gasteiger partial charge in [0.25, 0.3) is 17.2 Å². The molecule has 1 aliphatic rings. The Kier molecular flexibility index (Phi) is 5.20. The van der Waals surface area contributed by atoms with E-state index >= 15 is 0 Å². The number of nitrogens with zero attached hydrogens (tertiary/aromatic N) is 4. The van der Waals surface area contributed by atoms with Gasteiger partial charge in [0.1, 0.15) is 11.8 Å². The third-order valence-electron chi connectivity index (χ3n) is 4.85. The molecule has 1 fully saturated rings. The number of carbonyl (C=O) groups excluding carboxylic acids is 2. The van der Waals surface area contributed by atoms with Crippen LogP contribution in [0.25, 0.3) is 5.76 Å². The Morgan fingerprint density at radius 2 is 1.72 bits per heavy atom. The molecule has 1 atom stereocenters. The van der Waals surface area contributed by atoms with E-state index in [2.05, 4.69) is 4.98 Å². The van der Waals surface area contributed by atoms with Crippen LogP contribution in [0.1, 0.15) is 17.2 Å². The lowest BCUT2D eigenvalue weighted by atomic mass is 9.94. The van der Waals surface area contributed by atoms with Crippen LogP contribution in [0.2, 0.25) is 0 Å². The number of ketones is 1. The zero-order valence-corrected chi connectivity index (χ0v) is 16.8. The van der Waals surface area contributed by atoms with E-state index in [9.17, 15) is 34.9 Å². The van der Waals surface area contributed by atoms with Gasteiger partial charge < -0.3 is 5.11 Å². The predicted molar refractivity (Wildman–Crippen MR) is 113 cm³/mol. The Hall–Kier alpha value is -4.45. The summed E-state index contributed by atoms with van der Waals surface area (Å²) in [6.07, 6.45) is 1.41. The van der Waals surface area contributed by atoms with E-state index in [4.69, 9.17) is 0 Å². The summed E-state index contributed by atoms with van der Waals surface area (Å²) in [5, 5.41) is 35.2. The van der Waals surface area contributed by atoms with Crippen molar-refractivity contribution in [3.63, 3.8) is 0 Å². The van der Waals surface area contributed by atoms with Crippen LogP contribution < -0.4 is 4.90 Å². The second-order valence-corrected chi connectivity index (χ2v) is 7.48. The van der Waals surface area contributed by atoms with Crippen LogP contribution in [0.15, 0.2) is 65.7 Å². The van der Waals surface area contributed by atoms with Crippen LogP contribution >= 0.6 is 11.3 Å². The molecule has 2 aromatic carbocycles. The number of rotatable bonds is 5. The molecule has 1 N–H and O–H groups in total. The van der Waals surface area contributed by atoms with Crippen molar-refractivity contribution in [2.24, 2.45) is 0 Å². The smallest absolute Gasteiger partial charge is 0.301 e. The van der Waals surface area contributed by atoms with Gasteiger partial charge in [-0.05, 0) is 18.2 Å². The molecule has 0 saturated carbocycles. The first kappa shape index (κ1) is 20.8. The molecule has 4 rings (SSSR count). The number of Topliss-reactive ketones (excluding diaryl/α,β-unsaturated/α-hetero) is 1. The monoisotopic (exact) mass is 452 g/mol. The number of aliphatic hydroxyl groups is 1. The van der Waals surface area contributed by atoms with Crippen LogP contribution in [-0.4, -0.2) is 31.6 Å². The summed E-state index contributed by atoms with van der Waals surface area (Å²) < 4.78 is 0. The molecule has 0 spiro atoms. The first-order chi connectivity index (χ1) is 15.3. The van der Waals surface area contributed by atoms with Crippen molar-refractivity contribution < 1.29 is 24.5 Å². The van der Waals surface area contributed by atoms with Gasteiger partial charge >= 0.3 is 5.91 Å². The van der Waals surface area contributed by atoms with Crippen molar-refractivity contribution in [1.82, 2.24) is 4.98 Å². The normalized spacial score (nSPS) is 17.5. The van der Waals surface area contributed by atoms with Crippen molar-refractivity contribution in [3.05, 3.63) is 97.0 Å². The topological polar surface area (TPSA) is 157 Å². The third-order valence-corrected chi connectivity index (χ3v) is 5.62. The van der Waals surface area contributed by atoms with Crippen LogP contribution in [0.4, 0.5) is 16.5 Å². The summed E-state index contributed by atoms with van der Waals surface area (Å²) in [4.78, 5) is 52.2. The largest absolute Gasteiger partial charge is 0.507 e. The van der Waals surface area contributed by atoms with Gasteiger partial charge in [-0.3, -0.25) is 34.7 Å². The van der Waals surface area contributed by atoms with Gasteiger partial charge in [-0.25, -0.2) is 4.98 Å². The molecule has 0 radical (unpaired) electrons. The molecule has 12 heteroatoms. The summed E-state index contributed by atoms with van der Waals surface area (Å²) in [5.41, 5.74) is -0.921. The molecule has 0 bridgehead atoms. The highest BCUT2D eigenvalue weighted by molar-refractivity contribution is 7.14. The number of thiazole rings is 1. The zero-order valence-electron chi connectivity index (χ0n) is 15.9.